The molecule has 0 saturated carbocycles. The summed E-state index contributed by atoms with van der Waals surface area (Å²) < 4.78 is 5.17. The minimum absolute atomic E-state index is 0.0253. The number of carbonyl (C=O) groups excluding carboxylic acids is 3. The number of benzene rings is 2. The van der Waals surface area contributed by atoms with Crippen LogP contribution in [0.25, 0.3) is 0 Å². The van der Waals surface area contributed by atoms with Crippen LogP contribution >= 0.6 is 0 Å². The summed E-state index contributed by atoms with van der Waals surface area (Å²) in [5.74, 6) is -0.447. The number of nitrogens with one attached hydrogen (secondary N) is 1. The molecule has 4 amide bonds. The van der Waals surface area contributed by atoms with Crippen LogP contribution < -0.4 is 19.9 Å². The lowest BCUT2D eigenvalue weighted by molar-refractivity contribution is -0.384. The summed E-state index contributed by atoms with van der Waals surface area (Å²) in [6.07, 6.45) is 1.42. The molecule has 0 radical (unpaired) electrons. The Morgan fingerprint density at radius 2 is 1.88 bits per heavy atom. The van der Waals surface area contributed by atoms with Crippen LogP contribution in [0.15, 0.2) is 42.5 Å². The number of anilines is 2. The molecule has 0 unspecified atom stereocenters. The number of nitro benzene ring substituents is 1. The van der Waals surface area contributed by atoms with Gasteiger partial charge >= 0.3 is 6.03 Å². The van der Waals surface area contributed by atoms with E-state index in [4.69, 9.17) is 4.74 Å². The molecule has 3 aliphatic heterocycles. The lowest BCUT2D eigenvalue weighted by Crippen LogP contribution is -2.73. The van der Waals surface area contributed by atoms with Crippen LogP contribution in [0.3, 0.4) is 0 Å². The highest BCUT2D eigenvalue weighted by Crippen LogP contribution is 2.49. The third-order valence-corrected chi connectivity index (χ3v) is 7.23. The van der Waals surface area contributed by atoms with Gasteiger partial charge in [-0.3, -0.25) is 25.0 Å². The number of barbiturate groups is 1. The van der Waals surface area contributed by atoms with Crippen molar-refractivity contribution >= 4 is 34.9 Å². The van der Waals surface area contributed by atoms with E-state index in [9.17, 15) is 24.5 Å². The van der Waals surface area contributed by atoms with Crippen molar-refractivity contribution in [1.82, 2.24) is 5.32 Å². The summed E-state index contributed by atoms with van der Waals surface area (Å²) in [4.78, 5) is 54.4. The number of non-ortho nitro benzene ring substituents is 1. The van der Waals surface area contributed by atoms with E-state index in [2.05, 4.69) is 12.2 Å². The first-order valence-electron chi connectivity index (χ1n) is 11.1. The average molecular weight is 464 g/mol. The van der Waals surface area contributed by atoms with Gasteiger partial charge in [-0.2, -0.15) is 0 Å². The number of imide groups is 2. The highest BCUT2D eigenvalue weighted by molar-refractivity contribution is 6.30. The second kappa shape index (κ2) is 7.82. The Morgan fingerprint density at radius 3 is 2.56 bits per heavy atom. The first-order chi connectivity index (χ1) is 16.3. The molecule has 2 aromatic carbocycles. The molecule has 0 bridgehead atoms. The highest BCUT2D eigenvalue weighted by Gasteiger charge is 2.63. The first kappa shape index (κ1) is 21.9. The van der Waals surface area contributed by atoms with Gasteiger partial charge in [0.25, 0.3) is 11.6 Å². The predicted octanol–water partition coefficient (Wildman–Crippen LogP) is 3.03. The second-order valence-corrected chi connectivity index (χ2v) is 9.15. The van der Waals surface area contributed by atoms with E-state index in [-0.39, 0.29) is 18.0 Å². The Balaban J connectivity index is 1.66. The van der Waals surface area contributed by atoms with Gasteiger partial charge in [0.1, 0.15) is 5.75 Å². The van der Waals surface area contributed by atoms with Crippen molar-refractivity contribution in [2.24, 2.45) is 11.3 Å². The number of piperidine rings is 1. The van der Waals surface area contributed by atoms with Crippen LogP contribution in [-0.2, 0) is 16.0 Å². The number of nitro groups is 1. The van der Waals surface area contributed by atoms with Gasteiger partial charge in [-0.05, 0) is 54.7 Å². The molecule has 0 aromatic heterocycles. The fourth-order valence-electron chi connectivity index (χ4n) is 5.49. The minimum atomic E-state index is -1.59. The Kier molecular flexibility index (Phi) is 5.03. The quantitative estimate of drug-likeness (QED) is 0.421. The molecule has 2 saturated heterocycles. The van der Waals surface area contributed by atoms with E-state index < -0.39 is 34.2 Å². The first-order valence-corrected chi connectivity index (χ1v) is 11.1. The van der Waals surface area contributed by atoms with Crippen LogP contribution in [0.1, 0.15) is 25.3 Å². The number of fused-ring (bicyclic) bond motifs is 4. The summed E-state index contributed by atoms with van der Waals surface area (Å²) >= 11 is 0. The van der Waals surface area contributed by atoms with E-state index in [1.165, 1.54) is 19.2 Å². The maximum Gasteiger partial charge on any atom is 0.335 e. The Bertz CT molecular complexity index is 1210. The number of methoxy groups -OCH3 is 1. The fourth-order valence-corrected chi connectivity index (χ4v) is 5.49. The molecule has 5 rings (SSSR count). The monoisotopic (exact) mass is 464 g/mol. The fraction of sp³-hybridized carbons (Fsp3) is 0.375. The van der Waals surface area contributed by atoms with Crippen molar-refractivity contribution < 1.29 is 24.0 Å². The Labute approximate surface area is 195 Å². The van der Waals surface area contributed by atoms with Crippen LogP contribution in [0.4, 0.5) is 21.9 Å². The van der Waals surface area contributed by atoms with Crippen LogP contribution in [0.5, 0.6) is 5.75 Å². The summed E-state index contributed by atoms with van der Waals surface area (Å²) in [7, 11) is 1.51. The summed E-state index contributed by atoms with van der Waals surface area (Å²) in [5.41, 5.74) is -0.0425. The van der Waals surface area contributed by atoms with E-state index in [1.807, 2.05) is 4.90 Å². The molecule has 1 spiro atoms. The Hall–Kier alpha value is -3.95. The molecule has 1 N–H and O–H groups in total. The van der Waals surface area contributed by atoms with Gasteiger partial charge in [0.2, 0.25) is 5.91 Å². The molecular weight excluding hydrogens is 440 g/mol. The molecule has 2 fully saturated rings. The number of nitrogens with zero attached hydrogens (tertiary/aromatic N) is 3. The lowest BCUT2D eigenvalue weighted by atomic mass is 9.64. The van der Waals surface area contributed by atoms with Gasteiger partial charge in [-0.25, -0.2) is 9.69 Å². The zero-order chi connectivity index (χ0) is 24.2. The summed E-state index contributed by atoms with van der Waals surface area (Å²) in [6, 6.07) is 9.72. The average Bonchev–Trinajstić information content (AvgIpc) is 2.82. The molecular formula is C24H24N4O6. The van der Waals surface area contributed by atoms with Crippen LogP contribution in [0, 0.1) is 21.4 Å². The number of urea groups is 1. The van der Waals surface area contributed by atoms with Gasteiger partial charge < -0.3 is 9.64 Å². The third kappa shape index (κ3) is 3.12. The number of rotatable bonds is 3. The minimum Gasteiger partial charge on any atom is -0.497 e. The Morgan fingerprint density at radius 1 is 1.15 bits per heavy atom. The SMILES string of the molecule is COc1ccc(N2C(=O)NC(=O)[C@@]3(Cc4cc([N+](=O)[O-])ccc4N4CC[C@H](C)C[C@@H]43)C2=O)cc1. The maximum atomic E-state index is 14.1. The summed E-state index contributed by atoms with van der Waals surface area (Å²) in [6.45, 7) is 2.68. The molecule has 3 atom stereocenters. The summed E-state index contributed by atoms with van der Waals surface area (Å²) in [5, 5.41) is 13.8. The standard InChI is InChI=1S/C24H24N4O6/c1-14-9-10-26-19-8-5-17(28(32)33)12-15(19)13-24(20(26)11-14)21(29)25-23(31)27(22(24)30)16-3-6-18(34-2)7-4-16/h3-8,12,14,20H,9-11,13H2,1-2H3,(H,25,29,31)/t14-,20+,24-/m0/s1. The van der Waals surface area contributed by atoms with Crippen molar-refractivity contribution in [3.05, 3.63) is 58.1 Å². The maximum absolute atomic E-state index is 14.1. The largest absolute Gasteiger partial charge is 0.497 e. The molecule has 2 aromatic rings. The van der Waals surface area contributed by atoms with Crippen LogP contribution in [-0.4, -0.2) is 42.5 Å². The molecule has 3 heterocycles. The smallest absolute Gasteiger partial charge is 0.335 e. The van der Waals surface area contributed by atoms with E-state index >= 15 is 0 Å². The van der Waals surface area contributed by atoms with Gasteiger partial charge in [-0.15, -0.1) is 0 Å². The molecule has 3 aliphatic rings. The van der Waals surface area contributed by atoms with Crippen molar-refractivity contribution in [2.45, 2.75) is 32.2 Å². The van der Waals surface area contributed by atoms with E-state index in [0.717, 1.165) is 17.0 Å². The highest BCUT2D eigenvalue weighted by atomic mass is 16.6. The number of hydrogen-bond acceptors (Lipinski definition) is 7. The number of hydrogen-bond donors (Lipinski definition) is 1. The number of carbonyl (C=O) groups is 3. The van der Waals surface area contributed by atoms with Gasteiger partial charge in [0.05, 0.1) is 23.8 Å². The lowest BCUT2D eigenvalue weighted by Gasteiger charge is -2.54. The van der Waals surface area contributed by atoms with Gasteiger partial charge in [0.15, 0.2) is 5.41 Å². The topological polar surface area (TPSA) is 122 Å². The van der Waals surface area contributed by atoms with Crippen molar-refractivity contribution in [3.8, 4) is 5.75 Å². The molecule has 0 aliphatic carbocycles. The van der Waals surface area contributed by atoms with Crippen molar-refractivity contribution in [3.63, 3.8) is 0 Å². The van der Waals surface area contributed by atoms with Crippen molar-refractivity contribution in [1.29, 1.82) is 0 Å². The molecule has 34 heavy (non-hydrogen) atoms. The zero-order valence-corrected chi connectivity index (χ0v) is 18.8. The van der Waals surface area contributed by atoms with Gasteiger partial charge in [-0.1, -0.05) is 6.92 Å². The molecule has 10 heteroatoms. The molecule has 10 nitrogen and oxygen atoms in total. The zero-order valence-electron chi connectivity index (χ0n) is 18.8. The predicted molar refractivity (Wildman–Crippen MR) is 123 cm³/mol. The normalized spacial score (nSPS) is 26.1. The second-order valence-electron chi connectivity index (χ2n) is 9.15. The van der Waals surface area contributed by atoms with Gasteiger partial charge in [0, 0.05) is 30.8 Å². The number of amides is 4. The van der Waals surface area contributed by atoms with E-state index in [0.29, 0.717) is 30.0 Å². The van der Waals surface area contributed by atoms with E-state index in [1.54, 1.807) is 30.3 Å². The van der Waals surface area contributed by atoms with Crippen LogP contribution in [0.2, 0.25) is 0 Å². The number of ether oxygens (including phenoxy) is 1. The molecule has 176 valence electrons. The third-order valence-electron chi connectivity index (χ3n) is 7.23. The van der Waals surface area contributed by atoms with Crippen molar-refractivity contribution in [2.75, 3.05) is 23.5 Å².